The molecule has 5 heteroatoms. The van der Waals surface area contributed by atoms with Crippen molar-refractivity contribution in [3.63, 3.8) is 0 Å². The molecule has 0 spiro atoms. The van der Waals surface area contributed by atoms with E-state index in [1.807, 2.05) is 20.0 Å². The van der Waals surface area contributed by atoms with Crippen LogP contribution in [0.15, 0.2) is 6.07 Å². The van der Waals surface area contributed by atoms with Crippen LogP contribution in [0.4, 0.5) is 0 Å². The van der Waals surface area contributed by atoms with Crippen LogP contribution in [-0.4, -0.2) is 34.3 Å². The van der Waals surface area contributed by atoms with E-state index < -0.39 is 0 Å². The summed E-state index contributed by atoms with van der Waals surface area (Å²) in [6, 6.07) is 2.76. The summed E-state index contributed by atoms with van der Waals surface area (Å²) in [5, 5.41) is 10.8. The zero-order valence-electron chi connectivity index (χ0n) is 12.1. The van der Waals surface area contributed by atoms with Gasteiger partial charge in [0.1, 0.15) is 5.69 Å². The van der Waals surface area contributed by atoms with Gasteiger partial charge >= 0.3 is 0 Å². The van der Waals surface area contributed by atoms with Gasteiger partial charge in [0.15, 0.2) is 0 Å². The Morgan fingerprint density at radius 1 is 1.37 bits per heavy atom. The molecule has 2 rings (SSSR count). The van der Waals surface area contributed by atoms with Gasteiger partial charge in [-0.2, -0.15) is 5.10 Å². The largest absolute Gasteiger partial charge is 0.348 e. The van der Waals surface area contributed by atoms with Gasteiger partial charge in [0.05, 0.1) is 5.69 Å². The Bertz CT molecular complexity index is 433. The number of nitrogens with zero attached hydrogens (tertiary/aromatic N) is 2. The molecule has 1 heterocycles. The quantitative estimate of drug-likeness (QED) is 0.863. The van der Waals surface area contributed by atoms with Crippen molar-refractivity contribution in [3.05, 3.63) is 17.5 Å². The van der Waals surface area contributed by atoms with E-state index in [-0.39, 0.29) is 5.91 Å². The number of carbonyl (C=O) groups excluding carboxylic acids is 1. The second-order valence-corrected chi connectivity index (χ2v) is 5.37. The van der Waals surface area contributed by atoms with E-state index in [0.29, 0.717) is 17.8 Å². The zero-order chi connectivity index (χ0) is 13.8. The summed E-state index contributed by atoms with van der Waals surface area (Å²) >= 11 is 0. The predicted molar refractivity (Wildman–Crippen MR) is 75.1 cm³/mol. The summed E-state index contributed by atoms with van der Waals surface area (Å²) in [6.07, 6.45) is 4.40. The molecule has 1 aliphatic carbocycles. The average molecular weight is 264 g/mol. The molecule has 1 fully saturated rings. The molecule has 19 heavy (non-hydrogen) atoms. The van der Waals surface area contributed by atoms with Gasteiger partial charge in [-0.15, -0.1) is 0 Å². The molecular formula is C14H24N4O. The Kier molecular flexibility index (Phi) is 4.58. The number of aryl methyl sites for hydroxylation is 2. The number of hydrogen-bond acceptors (Lipinski definition) is 3. The van der Waals surface area contributed by atoms with E-state index in [1.165, 1.54) is 0 Å². The lowest BCUT2D eigenvalue weighted by Gasteiger charge is -2.29. The van der Waals surface area contributed by atoms with Crippen LogP contribution in [0.25, 0.3) is 0 Å². The van der Waals surface area contributed by atoms with Crippen molar-refractivity contribution in [1.29, 1.82) is 0 Å². The highest BCUT2D eigenvalue weighted by molar-refractivity contribution is 5.92. The van der Waals surface area contributed by atoms with Crippen LogP contribution in [0.1, 0.15) is 48.8 Å². The molecule has 0 radical (unpaired) electrons. The maximum absolute atomic E-state index is 12.2. The van der Waals surface area contributed by atoms with E-state index in [0.717, 1.165) is 37.9 Å². The molecule has 0 unspecified atom stereocenters. The van der Waals surface area contributed by atoms with Crippen molar-refractivity contribution in [2.75, 3.05) is 6.54 Å². The number of amides is 1. The minimum atomic E-state index is -0.00463. The molecule has 1 saturated carbocycles. The summed E-state index contributed by atoms with van der Waals surface area (Å²) < 4.78 is 1.65. The first-order valence-electron chi connectivity index (χ1n) is 7.15. The van der Waals surface area contributed by atoms with Gasteiger partial charge in [0, 0.05) is 19.1 Å². The third-order valence-corrected chi connectivity index (χ3v) is 3.79. The normalized spacial score (nSPS) is 23.3. The average Bonchev–Trinajstić information content (AvgIpc) is 2.71. The van der Waals surface area contributed by atoms with Crippen LogP contribution in [-0.2, 0) is 7.05 Å². The summed E-state index contributed by atoms with van der Waals surface area (Å²) in [4.78, 5) is 12.2. The molecule has 1 aliphatic rings. The van der Waals surface area contributed by atoms with Crippen LogP contribution in [0.5, 0.6) is 0 Å². The van der Waals surface area contributed by atoms with Gasteiger partial charge in [-0.05, 0) is 45.2 Å². The summed E-state index contributed by atoms with van der Waals surface area (Å²) in [7, 11) is 1.81. The number of carbonyl (C=O) groups is 1. The molecule has 0 aliphatic heterocycles. The van der Waals surface area contributed by atoms with Crippen molar-refractivity contribution in [2.45, 2.75) is 51.6 Å². The molecule has 1 aromatic heterocycles. The van der Waals surface area contributed by atoms with E-state index in [1.54, 1.807) is 4.68 Å². The first-order chi connectivity index (χ1) is 9.10. The van der Waals surface area contributed by atoms with Crippen molar-refractivity contribution in [1.82, 2.24) is 20.4 Å². The lowest BCUT2D eigenvalue weighted by Crippen LogP contribution is -2.42. The number of aromatic nitrogens is 2. The Morgan fingerprint density at radius 3 is 2.53 bits per heavy atom. The fraction of sp³-hybridized carbons (Fsp3) is 0.714. The van der Waals surface area contributed by atoms with Crippen LogP contribution in [0.2, 0.25) is 0 Å². The van der Waals surface area contributed by atoms with Gasteiger partial charge in [-0.25, -0.2) is 0 Å². The molecule has 5 nitrogen and oxygen atoms in total. The summed E-state index contributed by atoms with van der Waals surface area (Å²) in [6.45, 7) is 5.06. The fourth-order valence-corrected chi connectivity index (χ4v) is 2.81. The minimum Gasteiger partial charge on any atom is -0.348 e. The molecule has 0 aromatic carbocycles. The number of hydrogen-bond donors (Lipinski definition) is 2. The number of rotatable bonds is 4. The molecule has 0 saturated heterocycles. The smallest absolute Gasteiger partial charge is 0.269 e. The monoisotopic (exact) mass is 264 g/mol. The standard InChI is InChI=1S/C14H24N4O/c1-4-15-11-5-7-12(8-6-11)16-14(19)13-9-10(2)17-18(13)3/h9,11-12,15H,4-8H2,1-3H3,(H,16,19). The Balaban J connectivity index is 1.85. The highest BCUT2D eigenvalue weighted by atomic mass is 16.2. The highest BCUT2D eigenvalue weighted by Crippen LogP contribution is 2.19. The second kappa shape index (κ2) is 6.19. The molecule has 1 aromatic rings. The minimum absolute atomic E-state index is 0.00463. The first-order valence-corrected chi connectivity index (χ1v) is 7.15. The van der Waals surface area contributed by atoms with Crippen LogP contribution in [0, 0.1) is 6.92 Å². The Labute approximate surface area is 114 Å². The molecule has 0 atom stereocenters. The van der Waals surface area contributed by atoms with Crippen molar-refractivity contribution in [3.8, 4) is 0 Å². The van der Waals surface area contributed by atoms with E-state index in [9.17, 15) is 4.79 Å². The summed E-state index contributed by atoms with van der Waals surface area (Å²) in [5.74, 6) is -0.00463. The predicted octanol–water partition coefficient (Wildman–Crippen LogP) is 1.38. The molecule has 2 N–H and O–H groups in total. The van der Waals surface area contributed by atoms with Crippen LogP contribution in [0.3, 0.4) is 0 Å². The van der Waals surface area contributed by atoms with Crippen LogP contribution < -0.4 is 10.6 Å². The lowest BCUT2D eigenvalue weighted by molar-refractivity contribution is 0.0915. The van der Waals surface area contributed by atoms with Crippen molar-refractivity contribution < 1.29 is 4.79 Å². The zero-order valence-corrected chi connectivity index (χ0v) is 12.1. The van der Waals surface area contributed by atoms with Crippen LogP contribution >= 0.6 is 0 Å². The number of nitrogens with one attached hydrogen (secondary N) is 2. The molecule has 1 amide bonds. The van der Waals surface area contributed by atoms with Gasteiger partial charge in [0.2, 0.25) is 0 Å². The fourth-order valence-electron chi connectivity index (χ4n) is 2.81. The Morgan fingerprint density at radius 2 is 2.00 bits per heavy atom. The molecule has 0 bridgehead atoms. The van der Waals surface area contributed by atoms with E-state index >= 15 is 0 Å². The van der Waals surface area contributed by atoms with E-state index in [4.69, 9.17) is 0 Å². The van der Waals surface area contributed by atoms with E-state index in [2.05, 4.69) is 22.7 Å². The third kappa shape index (κ3) is 3.56. The highest BCUT2D eigenvalue weighted by Gasteiger charge is 2.23. The molecular weight excluding hydrogens is 240 g/mol. The van der Waals surface area contributed by atoms with Gasteiger partial charge in [-0.1, -0.05) is 6.92 Å². The summed E-state index contributed by atoms with van der Waals surface area (Å²) in [5.41, 5.74) is 1.52. The van der Waals surface area contributed by atoms with Crippen molar-refractivity contribution >= 4 is 5.91 Å². The SMILES string of the molecule is CCNC1CCC(NC(=O)c2cc(C)nn2C)CC1. The van der Waals surface area contributed by atoms with Crippen molar-refractivity contribution in [2.24, 2.45) is 7.05 Å². The van der Waals surface area contributed by atoms with Gasteiger partial charge in [-0.3, -0.25) is 9.48 Å². The second-order valence-electron chi connectivity index (χ2n) is 5.37. The Hall–Kier alpha value is -1.36. The topological polar surface area (TPSA) is 58.9 Å². The first kappa shape index (κ1) is 14.1. The van der Waals surface area contributed by atoms with Gasteiger partial charge in [0.25, 0.3) is 5.91 Å². The third-order valence-electron chi connectivity index (χ3n) is 3.79. The lowest BCUT2D eigenvalue weighted by atomic mass is 9.91. The maximum Gasteiger partial charge on any atom is 0.269 e. The van der Waals surface area contributed by atoms with Gasteiger partial charge < -0.3 is 10.6 Å². The molecule has 106 valence electrons. The maximum atomic E-state index is 12.2.